The quantitative estimate of drug-likeness (QED) is 0.328. The Bertz CT molecular complexity index is 843. The fourth-order valence-electron chi connectivity index (χ4n) is 3.39. The Kier molecular flexibility index (Phi) is 8.48. The van der Waals surface area contributed by atoms with Gasteiger partial charge in [0.2, 0.25) is 0 Å². The van der Waals surface area contributed by atoms with E-state index in [-0.39, 0.29) is 29.9 Å². The van der Waals surface area contributed by atoms with Crippen molar-refractivity contribution in [2.75, 3.05) is 14.1 Å². The van der Waals surface area contributed by atoms with E-state index in [1.807, 2.05) is 24.3 Å². The van der Waals surface area contributed by atoms with Crippen molar-refractivity contribution in [1.29, 1.82) is 0 Å². The van der Waals surface area contributed by atoms with Crippen LogP contribution < -0.4 is 16.0 Å². The number of guanidine groups is 1. The van der Waals surface area contributed by atoms with Gasteiger partial charge in [-0.25, -0.2) is 0 Å². The Hall–Kier alpha value is -2.10. The number of aryl methyl sites for hydroxylation is 1. The van der Waals surface area contributed by atoms with E-state index < -0.39 is 0 Å². The van der Waals surface area contributed by atoms with Crippen LogP contribution in [0.15, 0.2) is 35.5 Å². The molecule has 0 saturated heterocycles. The van der Waals surface area contributed by atoms with Crippen LogP contribution in [0.3, 0.4) is 0 Å². The lowest BCUT2D eigenvalue weighted by Crippen LogP contribution is -2.45. The molecule has 0 bridgehead atoms. The van der Waals surface area contributed by atoms with Gasteiger partial charge in [-0.1, -0.05) is 12.1 Å². The lowest BCUT2D eigenvalue weighted by atomic mass is 9.94. The molecule has 3 N–H and O–H groups in total. The number of carbonyl (C=O) groups is 1. The number of aliphatic imine (C=N–C) groups is 1. The first-order chi connectivity index (χ1) is 13.5. The molecular formula is C21H31IN6O. The Morgan fingerprint density at radius 2 is 2.03 bits per heavy atom. The SMILES string of the molecule is CN=C(NCc1ccc(C(=O)NC)cc1)NC1CCc2cn(C(C)C)nc2C1.I. The van der Waals surface area contributed by atoms with E-state index in [0.29, 0.717) is 24.2 Å². The van der Waals surface area contributed by atoms with Gasteiger partial charge >= 0.3 is 0 Å². The summed E-state index contributed by atoms with van der Waals surface area (Å²) in [5.74, 6) is 0.709. The topological polar surface area (TPSA) is 83.3 Å². The Balaban J connectivity index is 0.00000300. The van der Waals surface area contributed by atoms with Gasteiger partial charge in [-0.3, -0.25) is 14.5 Å². The van der Waals surface area contributed by atoms with Crippen LogP contribution in [0.5, 0.6) is 0 Å². The molecule has 1 aromatic heterocycles. The molecule has 0 saturated carbocycles. The normalized spacial score (nSPS) is 16.0. The van der Waals surface area contributed by atoms with Gasteiger partial charge < -0.3 is 16.0 Å². The van der Waals surface area contributed by atoms with E-state index in [9.17, 15) is 4.79 Å². The summed E-state index contributed by atoms with van der Waals surface area (Å²) in [6.07, 6.45) is 5.21. The summed E-state index contributed by atoms with van der Waals surface area (Å²) < 4.78 is 2.06. The predicted molar refractivity (Wildman–Crippen MR) is 127 cm³/mol. The summed E-state index contributed by atoms with van der Waals surface area (Å²) in [7, 11) is 3.42. The zero-order valence-electron chi connectivity index (χ0n) is 17.5. The van der Waals surface area contributed by atoms with Gasteiger partial charge in [0.05, 0.1) is 5.69 Å². The minimum Gasteiger partial charge on any atom is -0.355 e. The molecule has 2 aromatic rings. The number of nitrogens with one attached hydrogen (secondary N) is 3. The maximum atomic E-state index is 11.6. The van der Waals surface area contributed by atoms with Crippen molar-refractivity contribution < 1.29 is 4.79 Å². The van der Waals surface area contributed by atoms with Crippen molar-refractivity contribution in [3.63, 3.8) is 0 Å². The highest BCUT2D eigenvalue weighted by Crippen LogP contribution is 2.21. The summed E-state index contributed by atoms with van der Waals surface area (Å²) in [5, 5.41) is 14.2. The van der Waals surface area contributed by atoms with Gasteiger partial charge in [-0.05, 0) is 49.9 Å². The molecule has 0 spiro atoms. The van der Waals surface area contributed by atoms with E-state index in [2.05, 4.69) is 45.7 Å². The monoisotopic (exact) mass is 510 g/mol. The second kappa shape index (κ2) is 10.6. The highest BCUT2D eigenvalue weighted by Gasteiger charge is 2.23. The largest absolute Gasteiger partial charge is 0.355 e. The molecule has 0 aliphatic heterocycles. The number of fused-ring (bicyclic) bond motifs is 1. The first kappa shape index (κ1) is 23.2. The predicted octanol–water partition coefficient (Wildman–Crippen LogP) is 2.66. The molecule has 3 rings (SSSR count). The van der Waals surface area contributed by atoms with Gasteiger partial charge in [-0.2, -0.15) is 5.10 Å². The van der Waals surface area contributed by atoms with Crippen LogP contribution in [0.25, 0.3) is 0 Å². The minimum absolute atomic E-state index is 0. The zero-order chi connectivity index (χ0) is 20.1. The van der Waals surface area contributed by atoms with Crippen LogP contribution in [-0.2, 0) is 19.4 Å². The van der Waals surface area contributed by atoms with Crippen molar-refractivity contribution in [2.45, 2.75) is 51.7 Å². The molecule has 158 valence electrons. The molecule has 1 aromatic carbocycles. The van der Waals surface area contributed by atoms with E-state index in [0.717, 1.165) is 30.8 Å². The van der Waals surface area contributed by atoms with Crippen LogP contribution in [-0.4, -0.2) is 41.8 Å². The number of halogens is 1. The van der Waals surface area contributed by atoms with Crippen LogP contribution >= 0.6 is 24.0 Å². The van der Waals surface area contributed by atoms with Gasteiger partial charge in [0.1, 0.15) is 0 Å². The van der Waals surface area contributed by atoms with E-state index in [4.69, 9.17) is 5.10 Å². The molecule has 1 aliphatic rings. The maximum absolute atomic E-state index is 11.6. The molecule has 1 aliphatic carbocycles. The van der Waals surface area contributed by atoms with Crippen molar-refractivity contribution in [1.82, 2.24) is 25.7 Å². The number of aromatic nitrogens is 2. The van der Waals surface area contributed by atoms with E-state index in [1.165, 1.54) is 11.3 Å². The lowest BCUT2D eigenvalue weighted by Gasteiger charge is -2.24. The molecule has 0 radical (unpaired) electrons. The molecule has 0 fully saturated rings. The summed E-state index contributed by atoms with van der Waals surface area (Å²) in [6.45, 7) is 4.95. The number of benzene rings is 1. The molecule has 1 atom stereocenters. The zero-order valence-corrected chi connectivity index (χ0v) is 19.9. The number of rotatable bonds is 5. The third-order valence-corrected chi connectivity index (χ3v) is 5.09. The molecule has 1 amide bonds. The van der Waals surface area contributed by atoms with Crippen LogP contribution in [0.4, 0.5) is 0 Å². The van der Waals surface area contributed by atoms with Gasteiger partial charge in [-0.15, -0.1) is 24.0 Å². The highest BCUT2D eigenvalue weighted by molar-refractivity contribution is 14.0. The smallest absolute Gasteiger partial charge is 0.251 e. The minimum atomic E-state index is -0.0754. The second-order valence-electron chi connectivity index (χ2n) is 7.46. The number of amides is 1. The Morgan fingerprint density at radius 1 is 1.31 bits per heavy atom. The third-order valence-electron chi connectivity index (χ3n) is 5.09. The molecule has 29 heavy (non-hydrogen) atoms. The highest BCUT2D eigenvalue weighted by atomic mass is 127. The van der Waals surface area contributed by atoms with E-state index in [1.54, 1.807) is 14.1 Å². The first-order valence-corrected chi connectivity index (χ1v) is 9.85. The van der Waals surface area contributed by atoms with Crippen molar-refractivity contribution in [3.05, 3.63) is 52.8 Å². The number of nitrogens with zero attached hydrogens (tertiary/aromatic N) is 3. The number of carbonyl (C=O) groups excluding carboxylic acids is 1. The van der Waals surface area contributed by atoms with Crippen LogP contribution in [0.2, 0.25) is 0 Å². The molecule has 7 nitrogen and oxygen atoms in total. The number of hydrogen-bond donors (Lipinski definition) is 3. The first-order valence-electron chi connectivity index (χ1n) is 9.85. The molecule has 8 heteroatoms. The Morgan fingerprint density at radius 3 is 2.66 bits per heavy atom. The van der Waals surface area contributed by atoms with Crippen LogP contribution in [0, 0.1) is 0 Å². The van der Waals surface area contributed by atoms with E-state index >= 15 is 0 Å². The Labute approximate surface area is 189 Å². The molecule has 1 unspecified atom stereocenters. The van der Waals surface area contributed by atoms with Crippen molar-refractivity contribution in [2.24, 2.45) is 4.99 Å². The van der Waals surface area contributed by atoms with Gasteiger partial charge in [0.25, 0.3) is 5.91 Å². The van der Waals surface area contributed by atoms with Gasteiger partial charge in [0.15, 0.2) is 5.96 Å². The molecule has 1 heterocycles. The number of hydrogen-bond acceptors (Lipinski definition) is 3. The maximum Gasteiger partial charge on any atom is 0.251 e. The van der Waals surface area contributed by atoms with Crippen molar-refractivity contribution >= 4 is 35.8 Å². The molecular weight excluding hydrogens is 479 g/mol. The third kappa shape index (κ3) is 5.94. The fourth-order valence-corrected chi connectivity index (χ4v) is 3.39. The summed E-state index contributed by atoms with van der Waals surface area (Å²) in [4.78, 5) is 16.0. The fraction of sp³-hybridized carbons (Fsp3) is 0.476. The lowest BCUT2D eigenvalue weighted by molar-refractivity contribution is 0.0963. The van der Waals surface area contributed by atoms with Crippen molar-refractivity contribution in [3.8, 4) is 0 Å². The summed E-state index contributed by atoms with van der Waals surface area (Å²) in [6, 6.07) is 8.29. The summed E-state index contributed by atoms with van der Waals surface area (Å²) in [5.41, 5.74) is 4.31. The summed E-state index contributed by atoms with van der Waals surface area (Å²) >= 11 is 0. The average molecular weight is 510 g/mol. The standard InChI is InChI=1S/C21H30N6O.HI/c1-14(2)27-13-17-9-10-18(11-19(17)26-27)25-21(23-4)24-12-15-5-7-16(8-6-15)20(28)22-3;/h5-8,13-14,18H,9-12H2,1-4H3,(H,22,28)(H2,23,24,25);1H. The average Bonchev–Trinajstić information content (AvgIpc) is 3.14. The van der Waals surface area contributed by atoms with Gasteiger partial charge in [0, 0.05) is 50.9 Å². The van der Waals surface area contributed by atoms with Crippen LogP contribution in [0.1, 0.15) is 53.5 Å². The second-order valence-corrected chi connectivity index (χ2v) is 7.46.